The van der Waals surface area contributed by atoms with Gasteiger partial charge in [-0.2, -0.15) is 0 Å². The van der Waals surface area contributed by atoms with Crippen LogP contribution in [0.3, 0.4) is 0 Å². The molecule has 1 aromatic carbocycles. The van der Waals surface area contributed by atoms with Crippen LogP contribution in [0.2, 0.25) is 0 Å². The van der Waals surface area contributed by atoms with Crippen molar-refractivity contribution >= 4 is 11.8 Å². The number of aromatic hydroxyl groups is 1. The maximum Gasteiger partial charge on any atom is 0.245 e. The Kier molecular flexibility index (Phi) is 8.29. The van der Waals surface area contributed by atoms with Crippen molar-refractivity contribution in [3.63, 3.8) is 0 Å². The fourth-order valence-corrected chi connectivity index (χ4v) is 4.55. The van der Waals surface area contributed by atoms with Gasteiger partial charge in [0.2, 0.25) is 11.8 Å². The molecule has 7 heteroatoms. The highest BCUT2D eigenvalue weighted by molar-refractivity contribution is 5.89. The Morgan fingerprint density at radius 2 is 1.65 bits per heavy atom. The average Bonchev–Trinajstić information content (AvgIpc) is 3.08. The monoisotopic (exact) mass is 433 g/mol. The lowest BCUT2D eigenvalue weighted by Gasteiger charge is -2.37. The Hall–Kier alpha value is -2.15. The number of likely N-dealkylation sites (tertiary alicyclic amines) is 1. The van der Waals surface area contributed by atoms with E-state index in [0.717, 1.165) is 58.0 Å². The number of halogens is 1. The smallest absolute Gasteiger partial charge is 0.245 e. The maximum atomic E-state index is 13.0. The molecule has 2 heterocycles. The number of hydrogen-bond acceptors (Lipinski definition) is 4. The Balaban J connectivity index is 0.000000287. The summed E-state index contributed by atoms with van der Waals surface area (Å²) >= 11 is 0. The SMILES string of the molecule is CC(C)C(=O)N1CCC[C@H]1C(=O)N1CCCN(C2CCC2)CC1.Oc1ccc(F)cc1. The van der Waals surface area contributed by atoms with E-state index in [-0.39, 0.29) is 35.3 Å². The summed E-state index contributed by atoms with van der Waals surface area (Å²) in [6.07, 6.45) is 6.86. The number of phenolic OH excluding ortho intramolecular Hbond substituents is 1. The van der Waals surface area contributed by atoms with E-state index < -0.39 is 0 Å². The third-order valence-corrected chi connectivity index (χ3v) is 6.57. The van der Waals surface area contributed by atoms with Gasteiger partial charge in [0.15, 0.2) is 0 Å². The number of amides is 2. The molecule has 3 aliphatic rings. The summed E-state index contributed by atoms with van der Waals surface area (Å²) in [6.45, 7) is 8.39. The normalized spacial score (nSPS) is 22.5. The molecule has 1 aromatic rings. The van der Waals surface area contributed by atoms with Crippen molar-refractivity contribution in [3.05, 3.63) is 30.1 Å². The van der Waals surface area contributed by atoms with E-state index in [0.29, 0.717) is 0 Å². The van der Waals surface area contributed by atoms with Gasteiger partial charge in [-0.05, 0) is 56.4 Å². The average molecular weight is 434 g/mol. The summed E-state index contributed by atoms with van der Waals surface area (Å²) in [6, 6.07) is 5.56. The van der Waals surface area contributed by atoms with E-state index in [1.807, 2.05) is 23.6 Å². The number of benzene rings is 1. The van der Waals surface area contributed by atoms with Crippen LogP contribution in [-0.2, 0) is 9.59 Å². The molecule has 2 amide bonds. The van der Waals surface area contributed by atoms with Crippen LogP contribution in [0.15, 0.2) is 24.3 Å². The van der Waals surface area contributed by atoms with Gasteiger partial charge >= 0.3 is 0 Å². The molecule has 172 valence electrons. The summed E-state index contributed by atoms with van der Waals surface area (Å²) in [5.74, 6) is 0.0505. The van der Waals surface area contributed by atoms with Gasteiger partial charge < -0.3 is 14.9 Å². The van der Waals surface area contributed by atoms with Crippen molar-refractivity contribution < 1.29 is 19.1 Å². The van der Waals surface area contributed by atoms with Crippen LogP contribution in [0.5, 0.6) is 5.75 Å². The Labute approximate surface area is 185 Å². The van der Waals surface area contributed by atoms with Crippen LogP contribution in [0, 0.1) is 11.7 Å². The number of rotatable bonds is 3. The first-order valence-electron chi connectivity index (χ1n) is 11.6. The quantitative estimate of drug-likeness (QED) is 0.795. The first-order chi connectivity index (χ1) is 14.9. The third kappa shape index (κ3) is 6.19. The highest BCUT2D eigenvalue weighted by atomic mass is 19.1. The van der Waals surface area contributed by atoms with Crippen molar-refractivity contribution in [1.82, 2.24) is 14.7 Å². The fraction of sp³-hybridized carbons (Fsp3) is 0.667. The van der Waals surface area contributed by atoms with Crippen LogP contribution in [-0.4, -0.2) is 76.4 Å². The molecule has 4 rings (SSSR count). The molecule has 3 fully saturated rings. The highest BCUT2D eigenvalue weighted by Gasteiger charge is 2.38. The molecule has 1 aliphatic carbocycles. The van der Waals surface area contributed by atoms with Crippen molar-refractivity contribution in [3.8, 4) is 5.75 Å². The number of hydrogen-bond donors (Lipinski definition) is 1. The van der Waals surface area contributed by atoms with Crippen LogP contribution in [0.25, 0.3) is 0 Å². The van der Waals surface area contributed by atoms with E-state index >= 15 is 0 Å². The van der Waals surface area contributed by atoms with Gasteiger partial charge in [-0.1, -0.05) is 20.3 Å². The molecule has 1 N–H and O–H groups in total. The van der Waals surface area contributed by atoms with E-state index in [4.69, 9.17) is 5.11 Å². The van der Waals surface area contributed by atoms with Crippen LogP contribution < -0.4 is 0 Å². The minimum atomic E-state index is -0.331. The van der Waals surface area contributed by atoms with Gasteiger partial charge in [0, 0.05) is 44.7 Å². The van der Waals surface area contributed by atoms with Gasteiger partial charge in [0.25, 0.3) is 0 Å². The summed E-state index contributed by atoms with van der Waals surface area (Å²) in [5, 5.41) is 8.59. The van der Waals surface area contributed by atoms with Crippen LogP contribution in [0.4, 0.5) is 4.39 Å². The molecule has 1 atom stereocenters. The molecule has 0 unspecified atom stereocenters. The second-order valence-corrected chi connectivity index (χ2v) is 9.12. The van der Waals surface area contributed by atoms with Gasteiger partial charge in [-0.15, -0.1) is 0 Å². The van der Waals surface area contributed by atoms with Crippen molar-refractivity contribution in [1.29, 1.82) is 0 Å². The Bertz CT molecular complexity index is 715. The number of carbonyl (C=O) groups excluding carboxylic acids is 2. The van der Waals surface area contributed by atoms with Gasteiger partial charge in [-0.3, -0.25) is 14.5 Å². The van der Waals surface area contributed by atoms with Gasteiger partial charge in [-0.25, -0.2) is 4.39 Å². The zero-order chi connectivity index (χ0) is 22.4. The lowest BCUT2D eigenvalue weighted by atomic mass is 9.91. The first-order valence-corrected chi connectivity index (χ1v) is 11.6. The lowest BCUT2D eigenvalue weighted by molar-refractivity contribution is -0.145. The molecule has 2 saturated heterocycles. The maximum absolute atomic E-state index is 13.0. The van der Waals surface area contributed by atoms with Crippen LogP contribution >= 0.6 is 0 Å². The molecular weight excluding hydrogens is 397 g/mol. The molecule has 31 heavy (non-hydrogen) atoms. The molecule has 2 aliphatic heterocycles. The van der Waals surface area contributed by atoms with E-state index in [1.165, 1.54) is 43.5 Å². The van der Waals surface area contributed by atoms with Gasteiger partial charge in [0.05, 0.1) is 0 Å². The largest absolute Gasteiger partial charge is 0.508 e. The molecule has 6 nitrogen and oxygen atoms in total. The molecular formula is C24H36FN3O3. The summed E-state index contributed by atoms with van der Waals surface area (Å²) in [4.78, 5) is 31.7. The summed E-state index contributed by atoms with van der Waals surface area (Å²) in [5.41, 5.74) is 0. The van der Waals surface area contributed by atoms with Gasteiger partial charge in [0.1, 0.15) is 17.6 Å². The summed E-state index contributed by atoms with van der Waals surface area (Å²) in [7, 11) is 0. The molecule has 0 bridgehead atoms. The Morgan fingerprint density at radius 1 is 0.935 bits per heavy atom. The fourth-order valence-electron chi connectivity index (χ4n) is 4.55. The minimum absolute atomic E-state index is 0.0263. The molecule has 0 radical (unpaired) electrons. The van der Waals surface area contributed by atoms with E-state index in [2.05, 4.69) is 4.90 Å². The van der Waals surface area contributed by atoms with Crippen molar-refractivity contribution in [2.24, 2.45) is 5.92 Å². The van der Waals surface area contributed by atoms with E-state index in [1.54, 1.807) is 0 Å². The minimum Gasteiger partial charge on any atom is -0.508 e. The zero-order valence-electron chi connectivity index (χ0n) is 18.8. The topological polar surface area (TPSA) is 64.1 Å². The number of phenols is 1. The highest BCUT2D eigenvalue weighted by Crippen LogP contribution is 2.26. The predicted molar refractivity (Wildman–Crippen MR) is 118 cm³/mol. The first kappa shape index (κ1) is 23.5. The van der Waals surface area contributed by atoms with E-state index in [9.17, 15) is 14.0 Å². The van der Waals surface area contributed by atoms with Crippen molar-refractivity contribution in [2.45, 2.75) is 64.5 Å². The predicted octanol–water partition coefficient (Wildman–Crippen LogP) is 3.25. The Morgan fingerprint density at radius 3 is 2.23 bits per heavy atom. The van der Waals surface area contributed by atoms with Crippen molar-refractivity contribution in [2.75, 3.05) is 32.7 Å². The van der Waals surface area contributed by atoms with Crippen LogP contribution in [0.1, 0.15) is 52.4 Å². The second kappa shape index (κ2) is 10.9. The standard InChI is InChI=1S/C18H31N3O2.C6H5FO/c1-14(2)17(22)21-11-4-8-16(21)18(23)20-10-5-9-19(12-13-20)15-6-3-7-15;7-5-1-3-6(8)4-2-5/h14-16H,3-13H2,1-2H3;1-4,8H/t16-;/m0./s1. The number of carbonyl (C=O) groups is 2. The molecule has 0 spiro atoms. The second-order valence-electron chi connectivity index (χ2n) is 9.12. The number of nitrogens with zero attached hydrogens (tertiary/aromatic N) is 3. The molecule has 0 aromatic heterocycles. The molecule has 1 saturated carbocycles. The zero-order valence-corrected chi connectivity index (χ0v) is 18.8. The lowest BCUT2D eigenvalue weighted by Crippen LogP contribution is -2.50. The third-order valence-electron chi connectivity index (χ3n) is 6.57. The summed E-state index contributed by atoms with van der Waals surface area (Å²) < 4.78 is 12.0.